The summed E-state index contributed by atoms with van der Waals surface area (Å²) in [5, 5.41) is 2.84. The third-order valence-electron chi connectivity index (χ3n) is 4.32. The van der Waals surface area contributed by atoms with Crippen LogP contribution in [0.2, 0.25) is 0 Å². The SMILES string of the molecule is CCC(=O)Nc1ccc(C)cc1N(C(=O)CC(=O)Nn1ccnc1)c1ccccc1. The number of amides is 3. The van der Waals surface area contributed by atoms with Crippen LogP contribution < -0.4 is 15.6 Å². The van der Waals surface area contributed by atoms with E-state index in [1.807, 2.05) is 25.1 Å². The molecule has 3 amide bonds. The molecule has 0 aliphatic carbocycles. The summed E-state index contributed by atoms with van der Waals surface area (Å²) in [4.78, 5) is 42.9. The zero-order valence-electron chi connectivity index (χ0n) is 16.8. The van der Waals surface area contributed by atoms with Crippen LogP contribution in [-0.4, -0.2) is 27.4 Å². The number of hydrogen-bond donors (Lipinski definition) is 2. The Balaban J connectivity index is 1.95. The first kappa shape index (κ1) is 20.8. The van der Waals surface area contributed by atoms with Gasteiger partial charge in [-0.2, -0.15) is 0 Å². The quantitative estimate of drug-likeness (QED) is 0.589. The Kier molecular flexibility index (Phi) is 6.59. The first-order chi connectivity index (χ1) is 14.5. The number of carbonyl (C=O) groups excluding carboxylic acids is 3. The van der Waals surface area contributed by atoms with E-state index >= 15 is 0 Å². The van der Waals surface area contributed by atoms with Crippen molar-refractivity contribution < 1.29 is 14.4 Å². The van der Waals surface area contributed by atoms with Crippen LogP contribution >= 0.6 is 0 Å². The first-order valence-electron chi connectivity index (χ1n) is 9.54. The summed E-state index contributed by atoms with van der Waals surface area (Å²) in [7, 11) is 0. The molecule has 2 N–H and O–H groups in total. The van der Waals surface area contributed by atoms with Gasteiger partial charge in [-0.25, -0.2) is 9.66 Å². The average Bonchev–Trinajstić information content (AvgIpc) is 3.23. The Morgan fingerprint density at radius 1 is 1.07 bits per heavy atom. The minimum atomic E-state index is -0.481. The molecule has 154 valence electrons. The molecule has 8 nitrogen and oxygen atoms in total. The number of aromatic nitrogens is 2. The van der Waals surface area contributed by atoms with Crippen molar-refractivity contribution in [1.29, 1.82) is 0 Å². The molecular weight excluding hydrogens is 382 g/mol. The Morgan fingerprint density at radius 2 is 1.83 bits per heavy atom. The molecule has 3 aromatic rings. The van der Waals surface area contributed by atoms with E-state index in [0.29, 0.717) is 23.5 Å². The Hall–Kier alpha value is -3.94. The molecule has 8 heteroatoms. The van der Waals surface area contributed by atoms with Crippen LogP contribution in [0.5, 0.6) is 0 Å². The third-order valence-corrected chi connectivity index (χ3v) is 4.32. The number of nitrogens with zero attached hydrogens (tertiary/aromatic N) is 3. The highest BCUT2D eigenvalue weighted by atomic mass is 16.2. The number of imidazole rings is 1. The minimum Gasteiger partial charge on any atom is -0.324 e. The van der Waals surface area contributed by atoms with E-state index < -0.39 is 11.8 Å². The van der Waals surface area contributed by atoms with E-state index in [1.165, 1.54) is 22.1 Å². The molecule has 3 rings (SSSR count). The number of aryl methyl sites for hydroxylation is 1. The van der Waals surface area contributed by atoms with Gasteiger partial charge in [-0.1, -0.05) is 31.2 Å². The lowest BCUT2D eigenvalue weighted by Gasteiger charge is -2.26. The van der Waals surface area contributed by atoms with E-state index in [-0.39, 0.29) is 12.3 Å². The monoisotopic (exact) mass is 405 g/mol. The van der Waals surface area contributed by atoms with E-state index in [1.54, 1.807) is 43.5 Å². The van der Waals surface area contributed by atoms with Crippen molar-refractivity contribution in [2.24, 2.45) is 0 Å². The van der Waals surface area contributed by atoms with Gasteiger partial charge in [0.1, 0.15) is 12.7 Å². The zero-order valence-corrected chi connectivity index (χ0v) is 16.8. The summed E-state index contributed by atoms with van der Waals surface area (Å²) in [5.74, 6) is -1.08. The van der Waals surface area contributed by atoms with Crippen LogP contribution in [0.25, 0.3) is 0 Å². The summed E-state index contributed by atoms with van der Waals surface area (Å²) in [5.41, 5.74) is 5.08. The fourth-order valence-corrected chi connectivity index (χ4v) is 2.89. The number of rotatable bonds is 7. The van der Waals surface area contributed by atoms with Crippen molar-refractivity contribution >= 4 is 34.8 Å². The molecule has 0 saturated heterocycles. The van der Waals surface area contributed by atoms with Gasteiger partial charge in [0.2, 0.25) is 17.7 Å². The first-order valence-corrected chi connectivity index (χ1v) is 9.54. The van der Waals surface area contributed by atoms with E-state index in [2.05, 4.69) is 15.7 Å². The molecule has 0 spiro atoms. The molecule has 0 aliphatic heterocycles. The second-order valence-electron chi connectivity index (χ2n) is 6.67. The summed E-state index contributed by atoms with van der Waals surface area (Å²) in [6.45, 7) is 3.65. The largest absolute Gasteiger partial charge is 0.324 e. The van der Waals surface area contributed by atoms with Crippen LogP contribution in [-0.2, 0) is 14.4 Å². The maximum Gasteiger partial charge on any atom is 0.248 e. The van der Waals surface area contributed by atoms with E-state index in [4.69, 9.17) is 0 Å². The van der Waals surface area contributed by atoms with Gasteiger partial charge in [-0.05, 0) is 36.8 Å². The van der Waals surface area contributed by atoms with Crippen molar-refractivity contribution in [2.45, 2.75) is 26.7 Å². The summed E-state index contributed by atoms with van der Waals surface area (Å²) < 4.78 is 1.38. The van der Waals surface area contributed by atoms with Crippen LogP contribution in [0.3, 0.4) is 0 Å². The van der Waals surface area contributed by atoms with Gasteiger partial charge >= 0.3 is 0 Å². The Morgan fingerprint density at radius 3 is 2.50 bits per heavy atom. The zero-order chi connectivity index (χ0) is 21.5. The Labute approximate surface area is 174 Å². The second-order valence-corrected chi connectivity index (χ2v) is 6.67. The Bertz CT molecular complexity index is 1030. The van der Waals surface area contributed by atoms with Gasteiger partial charge in [0.15, 0.2) is 0 Å². The predicted octanol–water partition coefficient (Wildman–Crippen LogP) is 3.37. The second kappa shape index (κ2) is 9.51. The van der Waals surface area contributed by atoms with Crippen LogP contribution in [0.1, 0.15) is 25.3 Å². The highest BCUT2D eigenvalue weighted by molar-refractivity contribution is 6.12. The smallest absolute Gasteiger partial charge is 0.248 e. The lowest BCUT2D eigenvalue weighted by atomic mass is 10.1. The molecule has 0 radical (unpaired) electrons. The average molecular weight is 405 g/mol. The molecule has 1 aromatic heterocycles. The summed E-state index contributed by atoms with van der Waals surface area (Å²) in [6, 6.07) is 14.4. The molecule has 0 atom stereocenters. The van der Waals surface area contributed by atoms with Crippen LogP contribution in [0.4, 0.5) is 17.1 Å². The minimum absolute atomic E-state index is 0.168. The standard InChI is InChI=1S/C22H23N5O3/c1-3-20(28)24-18-10-9-16(2)13-19(18)27(17-7-5-4-6-8-17)22(30)14-21(29)25-26-12-11-23-15-26/h4-13,15H,3,14H2,1-2H3,(H,24,28)(H,25,29). The lowest BCUT2D eigenvalue weighted by molar-refractivity contribution is -0.125. The van der Waals surface area contributed by atoms with Crippen molar-refractivity contribution in [3.8, 4) is 0 Å². The number of hydrogen-bond acceptors (Lipinski definition) is 4. The normalized spacial score (nSPS) is 10.3. The lowest BCUT2D eigenvalue weighted by Crippen LogP contribution is -2.32. The van der Waals surface area contributed by atoms with Gasteiger partial charge in [0.05, 0.1) is 11.4 Å². The molecule has 0 aliphatic rings. The highest BCUT2D eigenvalue weighted by Crippen LogP contribution is 2.34. The van der Waals surface area contributed by atoms with E-state index in [0.717, 1.165) is 5.56 Å². The maximum atomic E-state index is 13.2. The molecule has 0 fully saturated rings. The molecule has 0 bridgehead atoms. The molecule has 0 unspecified atom stereocenters. The summed E-state index contributed by atoms with van der Waals surface area (Å²) >= 11 is 0. The van der Waals surface area contributed by atoms with Crippen LogP contribution in [0, 0.1) is 6.92 Å². The third kappa shape index (κ3) is 5.11. The van der Waals surface area contributed by atoms with Crippen molar-refractivity contribution in [3.63, 3.8) is 0 Å². The molecular formula is C22H23N5O3. The highest BCUT2D eigenvalue weighted by Gasteiger charge is 2.24. The van der Waals surface area contributed by atoms with Gasteiger partial charge in [0, 0.05) is 24.5 Å². The van der Waals surface area contributed by atoms with Crippen molar-refractivity contribution in [2.75, 3.05) is 15.6 Å². The van der Waals surface area contributed by atoms with Gasteiger partial charge in [-0.3, -0.25) is 24.7 Å². The molecule has 0 saturated carbocycles. The van der Waals surface area contributed by atoms with E-state index in [9.17, 15) is 14.4 Å². The number of para-hydroxylation sites is 1. The molecule has 1 heterocycles. The fourth-order valence-electron chi connectivity index (χ4n) is 2.89. The summed E-state index contributed by atoms with van der Waals surface area (Å²) in [6.07, 6.45) is 4.43. The maximum absolute atomic E-state index is 13.2. The number of nitrogens with one attached hydrogen (secondary N) is 2. The van der Waals surface area contributed by atoms with Crippen molar-refractivity contribution in [1.82, 2.24) is 9.66 Å². The van der Waals surface area contributed by atoms with Gasteiger partial charge in [-0.15, -0.1) is 0 Å². The number of anilines is 3. The molecule has 30 heavy (non-hydrogen) atoms. The predicted molar refractivity (Wildman–Crippen MR) is 115 cm³/mol. The number of carbonyl (C=O) groups is 3. The fraction of sp³-hybridized carbons (Fsp3) is 0.182. The van der Waals surface area contributed by atoms with Crippen LogP contribution in [0.15, 0.2) is 67.3 Å². The number of benzene rings is 2. The molecule has 2 aromatic carbocycles. The topological polar surface area (TPSA) is 96.3 Å². The van der Waals surface area contributed by atoms with Gasteiger partial charge in [0.25, 0.3) is 0 Å². The van der Waals surface area contributed by atoms with Crippen molar-refractivity contribution in [3.05, 3.63) is 72.8 Å². The van der Waals surface area contributed by atoms with Gasteiger partial charge < -0.3 is 5.32 Å².